The van der Waals surface area contributed by atoms with Crippen molar-refractivity contribution in [3.05, 3.63) is 88.6 Å². The van der Waals surface area contributed by atoms with E-state index in [1.54, 1.807) is 23.0 Å². The molecule has 4 heterocycles. The van der Waals surface area contributed by atoms with Crippen LogP contribution in [0.15, 0.2) is 71.8 Å². The number of thiophene rings is 1. The SMILES string of the molecule is N#Cc1ccc(-c2cc3ncn(-c4ccc5nc(CN6CCOCC6)ccc5c4)c(=O)c3s2)cc1. The molecule has 2 aromatic carbocycles. The molecule has 0 amide bonds. The fourth-order valence-corrected chi connectivity index (χ4v) is 5.38. The largest absolute Gasteiger partial charge is 0.379 e. The Morgan fingerprint density at radius 2 is 1.83 bits per heavy atom. The summed E-state index contributed by atoms with van der Waals surface area (Å²) < 4.78 is 7.62. The van der Waals surface area contributed by atoms with Crippen LogP contribution in [0.2, 0.25) is 0 Å². The maximum absolute atomic E-state index is 13.3. The van der Waals surface area contributed by atoms with E-state index in [0.717, 1.165) is 65.6 Å². The van der Waals surface area contributed by atoms with Crippen LogP contribution in [-0.4, -0.2) is 45.7 Å². The summed E-state index contributed by atoms with van der Waals surface area (Å²) in [4.78, 5) is 26.0. The minimum absolute atomic E-state index is 0.101. The fourth-order valence-electron chi connectivity index (χ4n) is 4.33. The molecule has 0 spiro atoms. The topological polar surface area (TPSA) is 84.0 Å². The van der Waals surface area contributed by atoms with Gasteiger partial charge in [-0.25, -0.2) is 4.98 Å². The first-order chi connectivity index (χ1) is 17.2. The van der Waals surface area contributed by atoms with Crippen LogP contribution in [0.3, 0.4) is 0 Å². The highest BCUT2D eigenvalue weighted by molar-refractivity contribution is 7.22. The maximum Gasteiger partial charge on any atom is 0.275 e. The number of nitrogens with zero attached hydrogens (tertiary/aromatic N) is 5. The van der Waals surface area contributed by atoms with Gasteiger partial charge in [0.25, 0.3) is 5.56 Å². The molecule has 0 radical (unpaired) electrons. The van der Waals surface area contributed by atoms with Gasteiger partial charge in [-0.2, -0.15) is 5.26 Å². The quantitative estimate of drug-likeness (QED) is 0.381. The van der Waals surface area contributed by atoms with Crippen molar-refractivity contribution in [3.8, 4) is 22.2 Å². The smallest absolute Gasteiger partial charge is 0.275 e. The molecule has 1 aliphatic rings. The minimum Gasteiger partial charge on any atom is -0.379 e. The highest BCUT2D eigenvalue weighted by Gasteiger charge is 2.14. The number of pyridine rings is 1. The van der Waals surface area contributed by atoms with Gasteiger partial charge in [-0.15, -0.1) is 11.3 Å². The average molecular weight is 480 g/mol. The summed E-state index contributed by atoms with van der Waals surface area (Å²) in [5.74, 6) is 0. The summed E-state index contributed by atoms with van der Waals surface area (Å²) in [6, 6.07) is 21.4. The fraction of sp³-hybridized carbons (Fsp3) is 0.185. The number of morpholine rings is 1. The van der Waals surface area contributed by atoms with Gasteiger partial charge in [0.2, 0.25) is 0 Å². The lowest BCUT2D eigenvalue weighted by Crippen LogP contribution is -2.35. The Bertz CT molecular complexity index is 1640. The summed E-state index contributed by atoms with van der Waals surface area (Å²) in [6.45, 7) is 4.19. The number of rotatable bonds is 4. The molecule has 0 atom stereocenters. The number of benzene rings is 2. The molecule has 5 aromatic rings. The van der Waals surface area contributed by atoms with Gasteiger partial charge in [0, 0.05) is 29.9 Å². The van der Waals surface area contributed by atoms with E-state index in [-0.39, 0.29) is 5.56 Å². The molecule has 0 unspecified atom stereocenters. The molecule has 1 saturated heterocycles. The van der Waals surface area contributed by atoms with Crippen molar-refractivity contribution in [2.75, 3.05) is 26.3 Å². The monoisotopic (exact) mass is 479 g/mol. The number of aromatic nitrogens is 3. The lowest BCUT2D eigenvalue weighted by Gasteiger charge is -2.26. The van der Waals surface area contributed by atoms with Gasteiger partial charge < -0.3 is 4.74 Å². The van der Waals surface area contributed by atoms with Crippen molar-refractivity contribution in [2.45, 2.75) is 6.54 Å². The number of hydrogen-bond acceptors (Lipinski definition) is 7. The van der Waals surface area contributed by atoms with Gasteiger partial charge in [0.15, 0.2) is 0 Å². The van der Waals surface area contributed by atoms with Crippen LogP contribution in [0.5, 0.6) is 0 Å². The first-order valence-corrected chi connectivity index (χ1v) is 12.2. The lowest BCUT2D eigenvalue weighted by atomic mass is 10.1. The molecule has 8 heteroatoms. The van der Waals surface area contributed by atoms with Crippen LogP contribution in [0.25, 0.3) is 37.2 Å². The van der Waals surface area contributed by atoms with Crippen LogP contribution in [0, 0.1) is 11.3 Å². The third-order valence-electron chi connectivity index (χ3n) is 6.23. The van der Waals surface area contributed by atoms with Crippen molar-refractivity contribution < 1.29 is 4.74 Å². The summed E-state index contributed by atoms with van der Waals surface area (Å²) in [7, 11) is 0. The Kier molecular flexibility index (Phi) is 5.58. The molecule has 0 bridgehead atoms. The second kappa shape index (κ2) is 9.04. The van der Waals surface area contributed by atoms with Gasteiger partial charge in [0.05, 0.1) is 47.3 Å². The van der Waals surface area contributed by atoms with Crippen LogP contribution in [0.1, 0.15) is 11.3 Å². The van der Waals surface area contributed by atoms with Crippen LogP contribution in [0.4, 0.5) is 0 Å². The van der Waals surface area contributed by atoms with Crippen molar-refractivity contribution in [1.82, 2.24) is 19.4 Å². The Hall–Kier alpha value is -3.90. The molecule has 1 aliphatic heterocycles. The van der Waals surface area contributed by atoms with E-state index < -0.39 is 0 Å². The van der Waals surface area contributed by atoms with E-state index in [4.69, 9.17) is 15.0 Å². The molecule has 0 aliphatic carbocycles. The Morgan fingerprint density at radius 3 is 2.63 bits per heavy atom. The van der Waals surface area contributed by atoms with Gasteiger partial charge in [-0.3, -0.25) is 19.2 Å². The molecule has 1 fully saturated rings. The third kappa shape index (κ3) is 4.21. The Balaban J connectivity index is 1.32. The van der Waals surface area contributed by atoms with Crippen LogP contribution >= 0.6 is 11.3 Å². The van der Waals surface area contributed by atoms with Gasteiger partial charge in [-0.05, 0) is 48.0 Å². The van der Waals surface area contributed by atoms with Crippen molar-refractivity contribution in [3.63, 3.8) is 0 Å². The molecule has 3 aromatic heterocycles. The number of fused-ring (bicyclic) bond motifs is 2. The van der Waals surface area contributed by atoms with E-state index in [1.807, 2.05) is 36.4 Å². The summed E-state index contributed by atoms with van der Waals surface area (Å²) >= 11 is 1.42. The normalized spacial score (nSPS) is 14.4. The molecule has 172 valence electrons. The first kappa shape index (κ1) is 21.6. The second-order valence-electron chi connectivity index (χ2n) is 8.50. The number of hydrogen-bond donors (Lipinski definition) is 0. The van der Waals surface area contributed by atoms with E-state index in [0.29, 0.717) is 15.8 Å². The summed E-state index contributed by atoms with van der Waals surface area (Å²) in [5, 5.41) is 10.00. The highest BCUT2D eigenvalue weighted by Crippen LogP contribution is 2.31. The number of ether oxygens (including phenoxy) is 1. The van der Waals surface area contributed by atoms with E-state index in [9.17, 15) is 4.79 Å². The zero-order valence-electron chi connectivity index (χ0n) is 18.8. The molecule has 0 N–H and O–H groups in total. The highest BCUT2D eigenvalue weighted by atomic mass is 32.1. The molecule has 6 rings (SSSR count). The lowest BCUT2D eigenvalue weighted by molar-refractivity contribution is 0.0337. The average Bonchev–Trinajstić information content (AvgIpc) is 3.35. The second-order valence-corrected chi connectivity index (χ2v) is 9.55. The van der Waals surface area contributed by atoms with Gasteiger partial charge in [0.1, 0.15) is 11.0 Å². The molecule has 35 heavy (non-hydrogen) atoms. The van der Waals surface area contributed by atoms with E-state index in [2.05, 4.69) is 28.1 Å². The van der Waals surface area contributed by atoms with E-state index in [1.165, 1.54) is 11.3 Å². The van der Waals surface area contributed by atoms with Crippen molar-refractivity contribution >= 4 is 32.5 Å². The third-order valence-corrected chi connectivity index (χ3v) is 7.40. The molecular weight excluding hydrogens is 458 g/mol. The summed E-state index contributed by atoms with van der Waals surface area (Å²) in [6.07, 6.45) is 1.58. The zero-order valence-corrected chi connectivity index (χ0v) is 19.7. The standard InChI is InChI=1S/C27H21N5O2S/c28-15-18-1-3-19(4-2-18)25-14-24-26(35-25)27(33)32(17-29-24)22-7-8-23-20(13-22)5-6-21(30-23)16-31-9-11-34-12-10-31/h1-8,13-14,17H,9-12,16H2. The molecular formula is C27H21N5O2S. The first-order valence-electron chi connectivity index (χ1n) is 11.4. The van der Waals surface area contributed by atoms with Crippen LogP contribution in [-0.2, 0) is 11.3 Å². The van der Waals surface area contributed by atoms with Gasteiger partial charge in [-0.1, -0.05) is 18.2 Å². The predicted molar refractivity (Wildman–Crippen MR) is 137 cm³/mol. The zero-order chi connectivity index (χ0) is 23.8. The van der Waals surface area contributed by atoms with E-state index >= 15 is 0 Å². The Labute approximate surface area is 205 Å². The van der Waals surface area contributed by atoms with Crippen molar-refractivity contribution in [2.24, 2.45) is 0 Å². The van der Waals surface area contributed by atoms with Crippen LogP contribution < -0.4 is 5.56 Å². The van der Waals surface area contributed by atoms with Gasteiger partial charge >= 0.3 is 0 Å². The van der Waals surface area contributed by atoms with Crippen molar-refractivity contribution in [1.29, 1.82) is 5.26 Å². The maximum atomic E-state index is 13.3. The number of nitriles is 1. The predicted octanol–water partition coefficient (Wildman–Crippen LogP) is 4.37. The molecule has 7 nitrogen and oxygen atoms in total. The molecule has 0 saturated carbocycles. The summed E-state index contributed by atoms with van der Waals surface area (Å²) in [5.41, 5.74) is 4.83. The minimum atomic E-state index is -0.101. The Morgan fingerprint density at radius 1 is 1.00 bits per heavy atom.